The molecule has 0 aromatic carbocycles. The number of halogens is 1. The average molecular weight is 255 g/mol. The quantitative estimate of drug-likeness (QED) is 0.462. The van der Waals surface area contributed by atoms with Crippen molar-refractivity contribution in [3.8, 4) is 0 Å². The molecule has 0 aromatic heterocycles. The summed E-state index contributed by atoms with van der Waals surface area (Å²) in [5, 5.41) is 2.60. The second-order valence-corrected chi connectivity index (χ2v) is 3.58. The molecule has 1 N–H and O–H groups in total. The molecule has 0 saturated carbocycles. The Morgan fingerprint density at radius 1 is 1.50 bits per heavy atom. The van der Waals surface area contributed by atoms with Gasteiger partial charge >= 0.3 is 0 Å². The minimum absolute atomic E-state index is 0.0624. The summed E-state index contributed by atoms with van der Waals surface area (Å²) in [6.45, 7) is 2.94. The van der Waals surface area contributed by atoms with E-state index in [0.29, 0.717) is 6.42 Å². The molecule has 0 saturated heterocycles. The minimum Gasteiger partial charge on any atom is -0.344 e. The van der Waals surface area contributed by atoms with Crippen molar-refractivity contribution in [2.24, 2.45) is 0 Å². The Hall–Kier alpha value is -0.130. The van der Waals surface area contributed by atoms with Gasteiger partial charge in [-0.3, -0.25) is 9.59 Å². The van der Waals surface area contributed by atoms with Crippen LogP contribution in [0.15, 0.2) is 0 Å². The Morgan fingerprint density at radius 3 is 2.30 bits per heavy atom. The molecule has 0 heterocycles. The predicted molar refractivity (Wildman–Crippen MR) is 46.9 cm³/mol. The highest BCUT2D eigenvalue weighted by atomic mass is 127. The minimum atomic E-state index is -0.0966. The number of ketones is 1. The van der Waals surface area contributed by atoms with Crippen molar-refractivity contribution in [3.63, 3.8) is 0 Å². The van der Waals surface area contributed by atoms with Crippen LogP contribution in [-0.4, -0.2) is 15.7 Å². The normalized spacial score (nSPS) is 12.3. The van der Waals surface area contributed by atoms with E-state index in [4.69, 9.17) is 0 Å². The number of rotatable bonds is 3. The number of carbonyl (C=O) groups is 2. The van der Waals surface area contributed by atoms with E-state index in [-0.39, 0.29) is 15.7 Å². The summed E-state index contributed by atoms with van der Waals surface area (Å²) < 4.78 is -0.0624. The molecule has 0 aliphatic heterocycles. The first kappa shape index (κ1) is 9.87. The van der Waals surface area contributed by atoms with Gasteiger partial charge in [-0.2, -0.15) is 0 Å². The molecule has 0 radical (unpaired) electrons. The summed E-state index contributed by atoms with van der Waals surface area (Å²) in [6, 6.07) is 0. The van der Waals surface area contributed by atoms with Crippen molar-refractivity contribution in [1.29, 1.82) is 0 Å². The summed E-state index contributed by atoms with van der Waals surface area (Å²) in [4.78, 5) is 20.9. The molecule has 0 rings (SSSR count). The largest absolute Gasteiger partial charge is 0.344 e. The molecule has 58 valence electrons. The van der Waals surface area contributed by atoms with Crippen LogP contribution in [0.3, 0.4) is 0 Å². The lowest BCUT2D eigenvalue weighted by Gasteiger charge is -2.06. The third-order valence-corrected chi connectivity index (χ3v) is 1.58. The first-order valence-corrected chi connectivity index (χ1v) is 4.17. The van der Waals surface area contributed by atoms with E-state index in [1.54, 1.807) is 0 Å². The smallest absolute Gasteiger partial charge is 0.217 e. The van der Waals surface area contributed by atoms with Crippen molar-refractivity contribution in [1.82, 2.24) is 5.32 Å². The van der Waals surface area contributed by atoms with Gasteiger partial charge in [-0.15, -0.1) is 0 Å². The van der Waals surface area contributed by atoms with E-state index >= 15 is 0 Å². The van der Waals surface area contributed by atoms with Crippen molar-refractivity contribution < 1.29 is 9.59 Å². The number of Topliss-reactive ketones (excluding diaryl/α,β-unsaturated/α-hetero) is 1. The lowest BCUT2D eigenvalue weighted by Crippen LogP contribution is -2.29. The van der Waals surface area contributed by atoms with Crippen LogP contribution in [-0.2, 0) is 9.59 Å². The fourth-order valence-electron chi connectivity index (χ4n) is 0.524. The number of carbonyl (C=O) groups excluding carboxylic acids is 2. The summed E-state index contributed by atoms with van der Waals surface area (Å²) in [6.07, 6.45) is 0.403. The molecule has 0 aromatic rings. The maximum absolute atomic E-state index is 10.5. The summed E-state index contributed by atoms with van der Waals surface area (Å²) in [7, 11) is 0. The number of hydrogen-bond acceptors (Lipinski definition) is 2. The molecule has 0 bridgehead atoms. The first-order valence-electron chi connectivity index (χ1n) is 2.93. The predicted octanol–water partition coefficient (Wildman–Crippen LogP) is 0.863. The molecular weight excluding hydrogens is 245 g/mol. The second kappa shape index (κ2) is 4.65. The SMILES string of the molecule is CC(=O)CC(I)NC(C)=O. The molecule has 1 amide bonds. The van der Waals surface area contributed by atoms with Crippen molar-refractivity contribution in [2.45, 2.75) is 24.3 Å². The number of nitrogens with one attached hydrogen (secondary N) is 1. The molecule has 3 nitrogen and oxygen atoms in total. The van der Waals surface area contributed by atoms with E-state index in [2.05, 4.69) is 5.32 Å². The van der Waals surface area contributed by atoms with Crippen LogP contribution in [0, 0.1) is 0 Å². The Labute approximate surface area is 73.7 Å². The third kappa shape index (κ3) is 6.00. The number of amides is 1. The molecule has 4 heteroatoms. The lowest BCUT2D eigenvalue weighted by atomic mass is 10.3. The lowest BCUT2D eigenvalue weighted by molar-refractivity contribution is -0.119. The van der Waals surface area contributed by atoms with Gasteiger partial charge < -0.3 is 5.32 Å². The van der Waals surface area contributed by atoms with Crippen molar-refractivity contribution in [3.05, 3.63) is 0 Å². The molecule has 0 aliphatic rings. The Bertz CT molecular complexity index is 131. The number of hydrogen-bond donors (Lipinski definition) is 1. The van der Waals surface area contributed by atoms with Gasteiger partial charge in [0.1, 0.15) is 5.78 Å². The summed E-state index contributed by atoms with van der Waals surface area (Å²) in [5.74, 6) is -0.00574. The van der Waals surface area contributed by atoms with Crippen LogP contribution in [0.2, 0.25) is 0 Å². The molecule has 1 atom stereocenters. The van der Waals surface area contributed by atoms with Gasteiger partial charge in [0.2, 0.25) is 5.91 Å². The van der Waals surface area contributed by atoms with Crippen LogP contribution in [0.25, 0.3) is 0 Å². The van der Waals surface area contributed by atoms with Gasteiger partial charge in [0, 0.05) is 13.3 Å². The first-order chi connectivity index (χ1) is 4.52. The van der Waals surface area contributed by atoms with E-state index in [0.717, 1.165) is 0 Å². The van der Waals surface area contributed by atoms with Gasteiger partial charge in [0.25, 0.3) is 0 Å². The highest BCUT2D eigenvalue weighted by Gasteiger charge is 2.06. The number of alkyl halides is 1. The van der Waals surface area contributed by atoms with E-state index < -0.39 is 0 Å². The maximum Gasteiger partial charge on any atom is 0.217 e. The average Bonchev–Trinajstić information content (AvgIpc) is 1.58. The summed E-state index contributed by atoms with van der Waals surface area (Å²) >= 11 is 2.02. The zero-order valence-electron chi connectivity index (χ0n) is 5.98. The third-order valence-electron chi connectivity index (χ3n) is 0.827. The molecule has 1 unspecified atom stereocenters. The molecular formula is C6H10INO2. The maximum atomic E-state index is 10.5. The molecule has 0 spiro atoms. The van der Waals surface area contributed by atoms with E-state index in [1.165, 1.54) is 13.8 Å². The van der Waals surface area contributed by atoms with Gasteiger partial charge in [0.15, 0.2) is 0 Å². The van der Waals surface area contributed by atoms with E-state index in [9.17, 15) is 9.59 Å². The van der Waals surface area contributed by atoms with E-state index in [1.807, 2.05) is 22.6 Å². The van der Waals surface area contributed by atoms with Gasteiger partial charge in [-0.05, 0) is 6.92 Å². The summed E-state index contributed by atoms with van der Waals surface area (Å²) in [5.41, 5.74) is 0. The Kier molecular flexibility index (Phi) is 4.59. The molecule has 0 fully saturated rings. The van der Waals surface area contributed by atoms with Crippen LogP contribution in [0.4, 0.5) is 0 Å². The van der Waals surface area contributed by atoms with Crippen molar-refractivity contribution in [2.75, 3.05) is 0 Å². The fourth-order valence-corrected chi connectivity index (χ4v) is 1.58. The highest BCUT2D eigenvalue weighted by Crippen LogP contribution is 2.01. The van der Waals surface area contributed by atoms with Crippen LogP contribution in [0.1, 0.15) is 20.3 Å². The standard InChI is InChI=1S/C6H10INO2/c1-4(9)3-6(7)8-5(2)10/h6H,3H2,1-2H3,(H,8,10). The monoisotopic (exact) mass is 255 g/mol. The van der Waals surface area contributed by atoms with Crippen molar-refractivity contribution >= 4 is 34.3 Å². The fraction of sp³-hybridized carbons (Fsp3) is 0.667. The van der Waals surface area contributed by atoms with Gasteiger partial charge in [0.05, 0.1) is 4.05 Å². The Balaban J connectivity index is 3.53. The van der Waals surface area contributed by atoms with Crippen LogP contribution in [0.5, 0.6) is 0 Å². The zero-order chi connectivity index (χ0) is 8.15. The topological polar surface area (TPSA) is 46.2 Å². The molecule has 0 aliphatic carbocycles. The molecule has 10 heavy (non-hydrogen) atoms. The highest BCUT2D eigenvalue weighted by molar-refractivity contribution is 14.1. The van der Waals surface area contributed by atoms with Gasteiger partial charge in [-0.25, -0.2) is 0 Å². The van der Waals surface area contributed by atoms with Crippen LogP contribution >= 0.6 is 22.6 Å². The second-order valence-electron chi connectivity index (χ2n) is 2.07. The van der Waals surface area contributed by atoms with Gasteiger partial charge in [-0.1, -0.05) is 22.6 Å². The zero-order valence-corrected chi connectivity index (χ0v) is 8.14. The Morgan fingerprint density at radius 2 is 2.00 bits per heavy atom. The van der Waals surface area contributed by atoms with Crippen LogP contribution < -0.4 is 5.32 Å².